The summed E-state index contributed by atoms with van der Waals surface area (Å²) in [5, 5.41) is 6.64. The first kappa shape index (κ1) is 19.8. The van der Waals surface area contributed by atoms with Crippen LogP contribution in [0.25, 0.3) is 17.0 Å². The summed E-state index contributed by atoms with van der Waals surface area (Å²) in [7, 11) is 1.66. The molecule has 4 rings (SSSR count). The van der Waals surface area contributed by atoms with Gasteiger partial charge in [0.25, 0.3) is 5.56 Å². The summed E-state index contributed by atoms with van der Waals surface area (Å²) >= 11 is 0. The first-order valence-corrected chi connectivity index (χ1v) is 9.95. The van der Waals surface area contributed by atoms with Crippen LogP contribution in [0.5, 0.6) is 5.75 Å². The molecule has 3 aromatic heterocycles. The van der Waals surface area contributed by atoms with Crippen LogP contribution < -0.4 is 15.6 Å². The van der Waals surface area contributed by atoms with Gasteiger partial charge in [-0.1, -0.05) is 32.0 Å². The Bertz CT molecular complexity index is 1180. The molecule has 0 aliphatic carbocycles. The molecule has 0 spiro atoms. The van der Waals surface area contributed by atoms with Crippen molar-refractivity contribution in [3.8, 4) is 17.1 Å². The van der Waals surface area contributed by atoms with Gasteiger partial charge in [0.05, 0.1) is 30.2 Å². The zero-order chi connectivity index (χ0) is 21.1. The minimum Gasteiger partial charge on any atom is -0.497 e. The smallest absolute Gasteiger partial charge is 0.272 e. The number of hydrogen-bond acceptors (Lipinski definition) is 5. The number of pyridine rings is 1. The molecule has 7 heteroatoms. The van der Waals surface area contributed by atoms with Crippen LogP contribution >= 0.6 is 0 Å². The lowest BCUT2D eigenvalue weighted by Gasteiger charge is -2.22. The van der Waals surface area contributed by atoms with Gasteiger partial charge in [0, 0.05) is 24.9 Å². The summed E-state index contributed by atoms with van der Waals surface area (Å²) in [5.41, 5.74) is 3.82. The van der Waals surface area contributed by atoms with Gasteiger partial charge in [-0.25, -0.2) is 9.50 Å². The lowest BCUT2D eigenvalue weighted by Crippen LogP contribution is -2.28. The van der Waals surface area contributed by atoms with Gasteiger partial charge in [0.15, 0.2) is 5.65 Å². The maximum Gasteiger partial charge on any atom is 0.272 e. The Morgan fingerprint density at radius 1 is 1.13 bits per heavy atom. The van der Waals surface area contributed by atoms with Crippen LogP contribution in [0.2, 0.25) is 0 Å². The van der Waals surface area contributed by atoms with Crippen molar-refractivity contribution in [1.29, 1.82) is 0 Å². The zero-order valence-corrected chi connectivity index (χ0v) is 17.3. The summed E-state index contributed by atoms with van der Waals surface area (Å²) in [6.45, 7) is 4.90. The molecule has 0 amide bonds. The molecule has 3 heterocycles. The molecule has 0 fully saturated rings. The van der Waals surface area contributed by atoms with Crippen molar-refractivity contribution >= 4 is 5.65 Å². The Morgan fingerprint density at radius 3 is 2.60 bits per heavy atom. The quantitative estimate of drug-likeness (QED) is 0.493. The lowest BCUT2D eigenvalue weighted by atomic mass is 10.00. The van der Waals surface area contributed by atoms with E-state index in [0.29, 0.717) is 12.2 Å². The fourth-order valence-corrected chi connectivity index (χ4v) is 3.48. The number of aromatic nitrogens is 4. The van der Waals surface area contributed by atoms with E-state index in [1.54, 1.807) is 19.4 Å². The molecule has 1 aromatic carbocycles. The minimum absolute atomic E-state index is 0.0574. The number of H-pyrrole nitrogens is 1. The second-order valence-corrected chi connectivity index (χ2v) is 7.55. The van der Waals surface area contributed by atoms with Gasteiger partial charge in [-0.2, -0.15) is 0 Å². The van der Waals surface area contributed by atoms with Crippen LogP contribution in [-0.2, 0) is 6.54 Å². The SMILES string of the molecule is COc1ccc(CN[C@H](c2cc(=O)n3[nH]c(-c4ccccn4)cc3n2)C(C)C)cc1. The van der Waals surface area contributed by atoms with Crippen molar-refractivity contribution in [2.75, 3.05) is 7.11 Å². The third-order valence-corrected chi connectivity index (χ3v) is 5.08. The van der Waals surface area contributed by atoms with E-state index in [4.69, 9.17) is 9.72 Å². The van der Waals surface area contributed by atoms with E-state index in [9.17, 15) is 4.79 Å². The normalized spacial score (nSPS) is 12.4. The number of fused-ring (bicyclic) bond motifs is 1. The average molecular weight is 403 g/mol. The van der Waals surface area contributed by atoms with Gasteiger partial charge >= 0.3 is 0 Å². The summed E-state index contributed by atoms with van der Waals surface area (Å²) < 4.78 is 6.67. The number of benzene rings is 1. The lowest BCUT2D eigenvalue weighted by molar-refractivity contribution is 0.400. The van der Waals surface area contributed by atoms with Crippen molar-refractivity contribution in [3.05, 3.63) is 82.4 Å². The first-order chi connectivity index (χ1) is 14.5. The highest BCUT2D eigenvalue weighted by atomic mass is 16.5. The molecule has 30 heavy (non-hydrogen) atoms. The molecule has 0 saturated heterocycles. The maximum atomic E-state index is 12.7. The molecule has 0 unspecified atom stereocenters. The largest absolute Gasteiger partial charge is 0.497 e. The average Bonchev–Trinajstić information content (AvgIpc) is 3.20. The van der Waals surface area contributed by atoms with E-state index < -0.39 is 0 Å². The summed E-state index contributed by atoms with van der Waals surface area (Å²) in [6.07, 6.45) is 1.72. The van der Waals surface area contributed by atoms with Crippen LogP contribution in [0.1, 0.15) is 31.1 Å². The predicted molar refractivity (Wildman–Crippen MR) is 116 cm³/mol. The van der Waals surface area contributed by atoms with Crippen molar-refractivity contribution in [2.45, 2.75) is 26.4 Å². The summed E-state index contributed by atoms with van der Waals surface area (Å²) in [5.74, 6) is 1.09. The Balaban J connectivity index is 1.62. The topological polar surface area (TPSA) is 84.3 Å². The Morgan fingerprint density at radius 2 is 1.93 bits per heavy atom. The second kappa shape index (κ2) is 8.51. The Hall–Kier alpha value is -3.45. The van der Waals surface area contributed by atoms with Crippen molar-refractivity contribution in [1.82, 2.24) is 24.9 Å². The van der Waals surface area contributed by atoms with E-state index in [0.717, 1.165) is 28.4 Å². The molecule has 0 aliphatic heterocycles. The standard InChI is InChI=1S/C23H25N5O2/c1-15(2)23(25-14-16-7-9-17(30-3)10-8-16)20-13-22(29)28-21(26-20)12-19(27-28)18-6-4-5-11-24-18/h4-13,15,23,25,27H,14H2,1-3H3/t23-/m0/s1. The van der Waals surface area contributed by atoms with Crippen LogP contribution in [0.15, 0.2) is 65.6 Å². The van der Waals surface area contributed by atoms with Crippen LogP contribution in [-0.4, -0.2) is 26.7 Å². The number of nitrogens with zero attached hydrogens (tertiary/aromatic N) is 3. The van der Waals surface area contributed by atoms with Crippen molar-refractivity contribution in [3.63, 3.8) is 0 Å². The molecule has 1 atom stereocenters. The molecule has 7 nitrogen and oxygen atoms in total. The van der Waals surface area contributed by atoms with Gasteiger partial charge < -0.3 is 10.1 Å². The maximum absolute atomic E-state index is 12.7. The molecule has 154 valence electrons. The molecular weight excluding hydrogens is 378 g/mol. The van der Waals surface area contributed by atoms with E-state index >= 15 is 0 Å². The number of nitrogens with one attached hydrogen (secondary N) is 2. The third-order valence-electron chi connectivity index (χ3n) is 5.08. The fourth-order valence-electron chi connectivity index (χ4n) is 3.48. The monoisotopic (exact) mass is 403 g/mol. The Kier molecular flexibility index (Phi) is 5.63. The fraction of sp³-hybridized carbons (Fsp3) is 0.261. The van der Waals surface area contributed by atoms with Crippen LogP contribution in [0.4, 0.5) is 0 Å². The highest BCUT2D eigenvalue weighted by Gasteiger charge is 2.19. The zero-order valence-electron chi connectivity index (χ0n) is 17.3. The Labute approximate surface area is 174 Å². The predicted octanol–water partition coefficient (Wildman–Crippen LogP) is 3.58. The van der Waals surface area contributed by atoms with Gasteiger partial charge in [-0.3, -0.25) is 14.9 Å². The molecule has 0 aliphatic rings. The van der Waals surface area contributed by atoms with Gasteiger partial charge in [0.2, 0.25) is 0 Å². The van der Waals surface area contributed by atoms with Crippen molar-refractivity contribution in [2.24, 2.45) is 5.92 Å². The van der Waals surface area contributed by atoms with Gasteiger partial charge in [-0.05, 0) is 35.7 Å². The molecule has 0 radical (unpaired) electrons. The van der Waals surface area contributed by atoms with Gasteiger partial charge in [0.1, 0.15) is 5.75 Å². The molecular formula is C23H25N5O2. The first-order valence-electron chi connectivity index (χ1n) is 9.95. The highest BCUT2D eigenvalue weighted by Crippen LogP contribution is 2.22. The second-order valence-electron chi connectivity index (χ2n) is 7.55. The minimum atomic E-state index is -0.144. The van der Waals surface area contributed by atoms with Crippen LogP contribution in [0.3, 0.4) is 0 Å². The molecule has 0 saturated carbocycles. The number of aromatic amines is 1. The molecule has 2 N–H and O–H groups in total. The molecule has 4 aromatic rings. The van der Waals surface area contributed by atoms with E-state index in [-0.39, 0.29) is 17.5 Å². The molecule has 0 bridgehead atoms. The van der Waals surface area contributed by atoms with Crippen molar-refractivity contribution < 1.29 is 4.74 Å². The highest BCUT2D eigenvalue weighted by molar-refractivity contribution is 5.60. The number of ether oxygens (including phenoxy) is 1. The van der Waals surface area contributed by atoms with E-state index in [1.807, 2.05) is 48.5 Å². The third kappa shape index (κ3) is 4.11. The van der Waals surface area contributed by atoms with Crippen LogP contribution in [0, 0.1) is 5.92 Å². The van der Waals surface area contributed by atoms with E-state index in [2.05, 4.69) is 29.2 Å². The number of hydrogen-bond donors (Lipinski definition) is 2. The number of methoxy groups -OCH3 is 1. The summed E-state index contributed by atoms with van der Waals surface area (Å²) in [6, 6.07) is 17.0. The number of rotatable bonds is 7. The van der Waals surface area contributed by atoms with E-state index in [1.165, 1.54) is 4.52 Å². The summed E-state index contributed by atoms with van der Waals surface area (Å²) in [4.78, 5) is 21.8. The van der Waals surface area contributed by atoms with Gasteiger partial charge in [-0.15, -0.1) is 0 Å².